The van der Waals surface area contributed by atoms with Crippen molar-refractivity contribution in [1.29, 1.82) is 0 Å². The van der Waals surface area contributed by atoms with Crippen LogP contribution in [0.2, 0.25) is 5.02 Å². The molecule has 5 aromatic rings. The summed E-state index contributed by atoms with van der Waals surface area (Å²) in [6.45, 7) is 3.86. The minimum absolute atomic E-state index is 0.00299. The van der Waals surface area contributed by atoms with Crippen molar-refractivity contribution in [2.45, 2.75) is 26.2 Å². The van der Waals surface area contributed by atoms with Crippen LogP contribution in [-0.2, 0) is 29.3 Å². The van der Waals surface area contributed by atoms with E-state index in [0.29, 0.717) is 55.9 Å². The molecule has 0 aliphatic rings. The monoisotopic (exact) mass is 632 g/mol. The second kappa shape index (κ2) is 14.2. The van der Waals surface area contributed by atoms with Gasteiger partial charge in [-0.2, -0.15) is 0 Å². The third-order valence-corrected chi connectivity index (χ3v) is 6.61. The number of benzene rings is 3. The van der Waals surface area contributed by atoms with Crippen LogP contribution in [0, 0.1) is 5.82 Å². The number of anilines is 3. The fraction of sp³-hybridized carbons (Fsp3) is 0.133. The van der Waals surface area contributed by atoms with E-state index in [-0.39, 0.29) is 32.0 Å². The molecule has 0 radical (unpaired) electrons. The molecule has 0 saturated heterocycles. The molecule has 2 heterocycles. The van der Waals surface area contributed by atoms with E-state index in [1.54, 1.807) is 54.1 Å². The number of aromatic nitrogens is 5. The minimum atomic E-state index is -0.551. The fourth-order valence-corrected chi connectivity index (χ4v) is 4.38. The molecule has 0 fully saturated rings. The summed E-state index contributed by atoms with van der Waals surface area (Å²) in [5.74, 6) is -0.202. The number of rotatable bonds is 13. The average Bonchev–Trinajstić information content (AvgIpc) is 3.50. The Kier molecular flexibility index (Phi) is 9.77. The number of nitrogens with zero attached hydrogens (tertiary/aromatic N) is 5. The first-order valence-electron chi connectivity index (χ1n) is 13.4. The van der Waals surface area contributed by atoms with Gasteiger partial charge in [-0.05, 0) is 48.0 Å². The summed E-state index contributed by atoms with van der Waals surface area (Å²) >= 11 is 6.47. The number of hydroxylamine groups is 1. The number of ether oxygens (including phenoxy) is 2. The number of aryl methyl sites for hydroxylation is 1. The highest BCUT2D eigenvalue weighted by molar-refractivity contribution is 6.32. The predicted octanol–water partition coefficient (Wildman–Crippen LogP) is 4.94. The standard InChI is InChI=1S/C30H26ClFN8O5/c1-2-28(41)36-25-12-22-24(13-27(25)45-16-21-14-40(39-37-21)9-8-29(42)38-43)33-17-34-30(22)35-20-6-7-26(23(31)11-20)44-15-18-4-3-5-19(32)10-18/h2-7,10-14,17,43H,1,8-9,15-16H2,(H,36,41)(H,38,42)(H,33,34,35). The highest BCUT2D eigenvalue weighted by Crippen LogP contribution is 2.35. The van der Waals surface area contributed by atoms with Gasteiger partial charge in [0.1, 0.15) is 48.4 Å². The Balaban J connectivity index is 1.34. The van der Waals surface area contributed by atoms with Crippen molar-refractivity contribution in [1.82, 2.24) is 30.4 Å². The van der Waals surface area contributed by atoms with Gasteiger partial charge in [-0.25, -0.2) is 19.8 Å². The lowest BCUT2D eigenvalue weighted by Gasteiger charge is -2.15. The molecular weight excluding hydrogens is 607 g/mol. The molecule has 2 amide bonds. The molecule has 0 spiro atoms. The molecule has 4 N–H and O–H groups in total. The predicted molar refractivity (Wildman–Crippen MR) is 163 cm³/mol. The third kappa shape index (κ3) is 8.07. The summed E-state index contributed by atoms with van der Waals surface area (Å²) in [5.41, 5.74) is 4.14. The van der Waals surface area contributed by atoms with Gasteiger partial charge < -0.3 is 20.1 Å². The SMILES string of the molecule is C=CC(=O)Nc1cc2c(Nc3ccc(OCc4cccc(F)c4)c(Cl)c3)ncnc2cc1OCc1cn(CCC(=O)NO)nn1. The zero-order valence-corrected chi connectivity index (χ0v) is 24.3. The number of nitrogens with one attached hydrogen (secondary N) is 3. The molecule has 0 aliphatic carbocycles. The highest BCUT2D eigenvalue weighted by Gasteiger charge is 2.15. The van der Waals surface area contributed by atoms with E-state index < -0.39 is 11.8 Å². The van der Waals surface area contributed by atoms with Gasteiger partial charge in [0.15, 0.2) is 0 Å². The molecular formula is C30H26ClFN8O5. The van der Waals surface area contributed by atoms with E-state index in [9.17, 15) is 14.0 Å². The number of carbonyl (C=O) groups excluding carboxylic acids is 2. The van der Waals surface area contributed by atoms with Gasteiger partial charge in [0.2, 0.25) is 11.8 Å². The molecule has 0 bridgehead atoms. The maximum absolute atomic E-state index is 13.5. The van der Waals surface area contributed by atoms with Gasteiger partial charge in [-0.15, -0.1) is 5.10 Å². The largest absolute Gasteiger partial charge is 0.487 e. The van der Waals surface area contributed by atoms with Crippen molar-refractivity contribution >= 4 is 51.5 Å². The first-order chi connectivity index (χ1) is 21.8. The molecule has 15 heteroatoms. The molecule has 13 nitrogen and oxygen atoms in total. The quantitative estimate of drug-likeness (QED) is 0.0794. The van der Waals surface area contributed by atoms with Crippen LogP contribution in [0.4, 0.5) is 21.6 Å². The number of fused-ring (bicyclic) bond motifs is 1. The molecule has 5 rings (SSSR count). The van der Waals surface area contributed by atoms with Crippen molar-refractivity contribution in [2.75, 3.05) is 10.6 Å². The Morgan fingerprint density at radius 1 is 1.07 bits per heavy atom. The van der Waals surface area contributed by atoms with Crippen molar-refractivity contribution in [3.63, 3.8) is 0 Å². The average molecular weight is 633 g/mol. The Morgan fingerprint density at radius 2 is 1.91 bits per heavy atom. The first kappa shape index (κ1) is 30.8. The lowest BCUT2D eigenvalue weighted by atomic mass is 10.1. The molecule has 2 aromatic heterocycles. The summed E-state index contributed by atoms with van der Waals surface area (Å²) in [6.07, 6.45) is 4.12. The van der Waals surface area contributed by atoms with E-state index in [4.69, 9.17) is 26.3 Å². The summed E-state index contributed by atoms with van der Waals surface area (Å²) in [4.78, 5) is 32.2. The van der Waals surface area contributed by atoms with Crippen molar-refractivity contribution in [3.05, 3.63) is 102 Å². The van der Waals surface area contributed by atoms with Gasteiger partial charge in [0.05, 0.1) is 29.0 Å². The second-order valence-electron chi connectivity index (χ2n) is 9.52. The van der Waals surface area contributed by atoms with E-state index >= 15 is 0 Å². The smallest absolute Gasteiger partial charge is 0.247 e. The van der Waals surface area contributed by atoms with Crippen LogP contribution in [0.25, 0.3) is 10.9 Å². The molecule has 0 atom stereocenters. The van der Waals surface area contributed by atoms with Crippen LogP contribution in [0.1, 0.15) is 17.7 Å². The zero-order valence-electron chi connectivity index (χ0n) is 23.5. The van der Waals surface area contributed by atoms with Gasteiger partial charge >= 0.3 is 0 Å². The van der Waals surface area contributed by atoms with Crippen LogP contribution in [-0.4, -0.2) is 42.0 Å². The molecule has 0 unspecified atom stereocenters. The first-order valence-corrected chi connectivity index (χ1v) is 13.8. The van der Waals surface area contributed by atoms with Crippen LogP contribution >= 0.6 is 11.6 Å². The summed E-state index contributed by atoms with van der Waals surface area (Å²) in [6, 6.07) is 14.5. The van der Waals surface area contributed by atoms with Gasteiger partial charge in [-0.3, -0.25) is 19.5 Å². The number of carbonyl (C=O) groups is 2. The number of hydrogen-bond acceptors (Lipinski definition) is 10. The topological polar surface area (TPSA) is 165 Å². The summed E-state index contributed by atoms with van der Waals surface area (Å²) in [5, 5.41) is 23.5. The maximum atomic E-state index is 13.5. The van der Waals surface area contributed by atoms with E-state index in [2.05, 4.69) is 37.5 Å². The molecule has 0 saturated carbocycles. The molecule has 45 heavy (non-hydrogen) atoms. The Morgan fingerprint density at radius 3 is 2.69 bits per heavy atom. The lowest BCUT2D eigenvalue weighted by Crippen LogP contribution is -2.20. The van der Waals surface area contributed by atoms with Crippen LogP contribution in [0.5, 0.6) is 11.5 Å². The number of halogens is 2. The molecule has 230 valence electrons. The number of hydrogen-bond donors (Lipinski definition) is 4. The Hall–Kier alpha value is -5.60. The van der Waals surface area contributed by atoms with Gasteiger partial charge in [0, 0.05) is 23.6 Å². The van der Waals surface area contributed by atoms with E-state index in [1.807, 2.05) is 0 Å². The van der Waals surface area contributed by atoms with Crippen molar-refractivity contribution < 1.29 is 28.7 Å². The summed E-state index contributed by atoms with van der Waals surface area (Å²) < 4.78 is 26.7. The third-order valence-electron chi connectivity index (χ3n) is 6.31. The Bertz CT molecular complexity index is 1870. The minimum Gasteiger partial charge on any atom is -0.487 e. The van der Waals surface area contributed by atoms with E-state index in [0.717, 1.165) is 6.08 Å². The number of amides is 2. The van der Waals surface area contributed by atoms with Crippen LogP contribution in [0.3, 0.4) is 0 Å². The van der Waals surface area contributed by atoms with E-state index in [1.165, 1.54) is 23.1 Å². The highest BCUT2D eigenvalue weighted by atomic mass is 35.5. The van der Waals surface area contributed by atoms with Crippen LogP contribution < -0.4 is 25.6 Å². The Labute approximate surface area is 260 Å². The zero-order chi connectivity index (χ0) is 31.8. The fourth-order valence-electron chi connectivity index (χ4n) is 4.14. The molecule has 0 aliphatic heterocycles. The van der Waals surface area contributed by atoms with Gasteiger partial charge in [0.25, 0.3) is 0 Å². The van der Waals surface area contributed by atoms with Crippen molar-refractivity contribution in [3.8, 4) is 11.5 Å². The van der Waals surface area contributed by atoms with Gasteiger partial charge in [-0.1, -0.05) is 35.5 Å². The second-order valence-corrected chi connectivity index (χ2v) is 9.92. The summed E-state index contributed by atoms with van der Waals surface area (Å²) in [7, 11) is 0. The normalized spacial score (nSPS) is 10.7. The maximum Gasteiger partial charge on any atom is 0.247 e. The van der Waals surface area contributed by atoms with Crippen molar-refractivity contribution in [2.24, 2.45) is 0 Å². The lowest BCUT2D eigenvalue weighted by molar-refractivity contribution is -0.129. The molecule has 3 aromatic carbocycles. The van der Waals surface area contributed by atoms with Crippen LogP contribution in [0.15, 0.2) is 79.8 Å².